The third kappa shape index (κ3) is 5.11. The third-order valence-electron chi connectivity index (χ3n) is 5.52. The van der Waals surface area contributed by atoms with Gasteiger partial charge >= 0.3 is 6.16 Å². The molecule has 4 rings (SSSR count). The Bertz CT molecular complexity index is 1050. The van der Waals surface area contributed by atoms with E-state index in [2.05, 4.69) is 27.3 Å². The van der Waals surface area contributed by atoms with E-state index in [4.69, 9.17) is 19.3 Å². The molecule has 1 N–H and O–H groups in total. The highest BCUT2D eigenvalue weighted by atomic mass is 16.7. The summed E-state index contributed by atoms with van der Waals surface area (Å²) in [6, 6.07) is 11.4. The fraction of sp³-hybridized carbons (Fsp3) is 0.435. The summed E-state index contributed by atoms with van der Waals surface area (Å²) in [5.74, 6) is 1.92. The zero-order valence-electron chi connectivity index (χ0n) is 18.4. The van der Waals surface area contributed by atoms with Crippen LogP contribution in [0.3, 0.4) is 0 Å². The molecule has 1 aliphatic rings. The van der Waals surface area contributed by atoms with Crippen LogP contribution in [-0.2, 0) is 6.54 Å². The Kier molecular flexibility index (Phi) is 6.75. The number of piperidine rings is 1. The summed E-state index contributed by atoms with van der Waals surface area (Å²) in [5, 5.41) is 17.3. The van der Waals surface area contributed by atoms with Crippen molar-refractivity contribution >= 4 is 17.2 Å². The van der Waals surface area contributed by atoms with Gasteiger partial charge in [0, 0.05) is 31.8 Å². The second-order valence-corrected chi connectivity index (χ2v) is 7.74. The Balaban J connectivity index is 1.41. The van der Waals surface area contributed by atoms with Gasteiger partial charge in [0.2, 0.25) is 0 Å². The highest BCUT2D eigenvalue weighted by Crippen LogP contribution is 2.29. The van der Waals surface area contributed by atoms with Crippen molar-refractivity contribution in [3.05, 3.63) is 42.0 Å². The first kappa shape index (κ1) is 21.9. The van der Waals surface area contributed by atoms with Crippen molar-refractivity contribution in [1.82, 2.24) is 19.9 Å². The van der Waals surface area contributed by atoms with Crippen molar-refractivity contribution in [1.29, 1.82) is 0 Å². The first-order valence-corrected chi connectivity index (χ1v) is 10.9. The van der Waals surface area contributed by atoms with Crippen LogP contribution in [0, 0.1) is 0 Å². The van der Waals surface area contributed by atoms with E-state index in [9.17, 15) is 4.79 Å². The van der Waals surface area contributed by atoms with Crippen LogP contribution >= 0.6 is 0 Å². The summed E-state index contributed by atoms with van der Waals surface area (Å²) < 4.78 is 18.1. The van der Waals surface area contributed by atoms with Crippen molar-refractivity contribution in [2.75, 3.05) is 26.3 Å². The minimum Gasteiger partial charge on any atom is -0.494 e. The fourth-order valence-corrected chi connectivity index (χ4v) is 4.16. The van der Waals surface area contributed by atoms with Crippen LogP contribution in [0.25, 0.3) is 11.0 Å². The van der Waals surface area contributed by atoms with Crippen LogP contribution in [0.2, 0.25) is 0 Å². The van der Waals surface area contributed by atoms with Crippen molar-refractivity contribution in [2.24, 2.45) is 0 Å². The predicted molar refractivity (Wildman–Crippen MR) is 119 cm³/mol. The monoisotopic (exact) mass is 440 g/mol. The van der Waals surface area contributed by atoms with Gasteiger partial charge in [-0.15, -0.1) is 5.10 Å². The summed E-state index contributed by atoms with van der Waals surface area (Å²) in [6.07, 6.45) is 0.564. The molecule has 0 atom stereocenters. The molecule has 0 saturated carbocycles. The maximum Gasteiger partial charge on any atom is 0.511 e. The van der Waals surface area contributed by atoms with E-state index in [0.717, 1.165) is 49.5 Å². The van der Waals surface area contributed by atoms with E-state index in [1.807, 2.05) is 30.7 Å². The Labute approximate surface area is 186 Å². The molecule has 0 radical (unpaired) electrons. The van der Waals surface area contributed by atoms with Gasteiger partial charge in [-0.3, -0.25) is 4.90 Å². The van der Waals surface area contributed by atoms with Gasteiger partial charge in [0.15, 0.2) is 0 Å². The lowest BCUT2D eigenvalue weighted by molar-refractivity contribution is 0.144. The molecule has 2 aromatic carbocycles. The zero-order chi connectivity index (χ0) is 22.5. The highest BCUT2D eigenvalue weighted by molar-refractivity contribution is 5.77. The molecule has 3 aromatic rings. The van der Waals surface area contributed by atoms with Crippen molar-refractivity contribution in [3.8, 4) is 17.2 Å². The van der Waals surface area contributed by atoms with Crippen LogP contribution < -0.4 is 14.2 Å². The lowest BCUT2D eigenvalue weighted by Crippen LogP contribution is -2.34. The SMILES string of the molecule is CCOc1cc(CN2CCC(n3nnc4cc(OC(=O)O)ccc43)CC2)cc(OCC)c1. The average Bonchev–Trinajstić information content (AvgIpc) is 3.17. The van der Waals surface area contributed by atoms with Crippen LogP contribution in [0.5, 0.6) is 17.2 Å². The standard InChI is InChI=1S/C23H28N4O5/c1-3-30-19-11-16(12-20(13-19)31-4-2)15-26-9-7-17(8-10-26)27-22-6-5-18(32-23(28)29)14-21(22)24-25-27/h5-6,11-14,17H,3-4,7-10,15H2,1-2H3,(H,28,29). The van der Waals surface area contributed by atoms with Crippen molar-refractivity contribution in [2.45, 2.75) is 39.3 Å². The van der Waals surface area contributed by atoms with E-state index in [-0.39, 0.29) is 11.8 Å². The fourth-order valence-electron chi connectivity index (χ4n) is 4.16. The minimum absolute atomic E-state index is 0.243. The first-order valence-electron chi connectivity index (χ1n) is 10.9. The lowest BCUT2D eigenvalue weighted by atomic mass is 10.0. The number of nitrogens with zero attached hydrogens (tertiary/aromatic N) is 4. The number of fused-ring (bicyclic) bond motifs is 1. The van der Waals surface area contributed by atoms with Crippen molar-refractivity contribution in [3.63, 3.8) is 0 Å². The average molecular weight is 441 g/mol. The molecular weight excluding hydrogens is 412 g/mol. The van der Waals surface area contributed by atoms with Gasteiger partial charge in [0.25, 0.3) is 0 Å². The van der Waals surface area contributed by atoms with Crippen molar-refractivity contribution < 1.29 is 24.1 Å². The van der Waals surface area contributed by atoms with Gasteiger partial charge in [0.1, 0.15) is 22.8 Å². The van der Waals surface area contributed by atoms with Crippen LogP contribution in [0.4, 0.5) is 4.79 Å². The predicted octanol–water partition coefficient (Wildman–Crippen LogP) is 4.12. The second kappa shape index (κ2) is 9.86. The van der Waals surface area contributed by atoms with E-state index >= 15 is 0 Å². The highest BCUT2D eigenvalue weighted by Gasteiger charge is 2.23. The van der Waals surface area contributed by atoms with Gasteiger partial charge in [-0.1, -0.05) is 5.21 Å². The zero-order valence-corrected chi connectivity index (χ0v) is 18.4. The molecule has 1 fully saturated rings. The molecule has 32 heavy (non-hydrogen) atoms. The van der Waals surface area contributed by atoms with E-state index in [0.29, 0.717) is 18.7 Å². The molecule has 1 aromatic heterocycles. The lowest BCUT2D eigenvalue weighted by Gasteiger charge is -2.32. The van der Waals surface area contributed by atoms with Crippen LogP contribution in [0.1, 0.15) is 38.3 Å². The van der Waals surface area contributed by atoms with E-state index in [1.165, 1.54) is 5.56 Å². The van der Waals surface area contributed by atoms with Gasteiger partial charge < -0.3 is 19.3 Å². The third-order valence-corrected chi connectivity index (χ3v) is 5.52. The van der Waals surface area contributed by atoms with Gasteiger partial charge in [-0.25, -0.2) is 9.48 Å². The molecule has 0 unspecified atom stereocenters. The molecule has 0 spiro atoms. The molecule has 0 amide bonds. The smallest absolute Gasteiger partial charge is 0.494 e. The minimum atomic E-state index is -1.34. The quantitative estimate of drug-likeness (QED) is 0.412. The maximum absolute atomic E-state index is 10.7. The number of carbonyl (C=O) groups is 1. The van der Waals surface area contributed by atoms with E-state index in [1.54, 1.807) is 12.1 Å². The largest absolute Gasteiger partial charge is 0.511 e. The number of rotatable bonds is 8. The first-order chi connectivity index (χ1) is 15.6. The number of likely N-dealkylation sites (tertiary alicyclic amines) is 1. The Morgan fingerprint density at radius 1 is 1.03 bits per heavy atom. The Morgan fingerprint density at radius 3 is 2.34 bits per heavy atom. The van der Waals surface area contributed by atoms with Gasteiger partial charge in [0.05, 0.1) is 24.8 Å². The molecule has 2 heterocycles. The number of aromatic nitrogens is 3. The van der Waals surface area contributed by atoms with Gasteiger partial charge in [-0.2, -0.15) is 0 Å². The summed E-state index contributed by atoms with van der Waals surface area (Å²) >= 11 is 0. The normalized spacial score (nSPS) is 15.1. The summed E-state index contributed by atoms with van der Waals surface area (Å²) in [7, 11) is 0. The maximum atomic E-state index is 10.7. The van der Waals surface area contributed by atoms with Gasteiger partial charge in [-0.05, 0) is 56.5 Å². The van der Waals surface area contributed by atoms with Crippen LogP contribution in [-0.4, -0.2) is 57.5 Å². The number of benzene rings is 2. The molecule has 1 saturated heterocycles. The molecular formula is C23H28N4O5. The van der Waals surface area contributed by atoms with E-state index < -0.39 is 6.16 Å². The molecule has 1 aliphatic heterocycles. The number of carboxylic acid groups (broad SMARTS) is 1. The summed E-state index contributed by atoms with van der Waals surface area (Å²) in [6.45, 7) is 7.91. The molecule has 170 valence electrons. The number of hydrogen-bond donors (Lipinski definition) is 1. The molecule has 9 heteroatoms. The number of ether oxygens (including phenoxy) is 3. The summed E-state index contributed by atoms with van der Waals surface area (Å²) in [5.41, 5.74) is 2.68. The Morgan fingerprint density at radius 2 is 1.72 bits per heavy atom. The van der Waals surface area contributed by atoms with Crippen LogP contribution in [0.15, 0.2) is 36.4 Å². The Hall–Kier alpha value is -3.33. The number of hydrogen-bond acceptors (Lipinski definition) is 7. The topological polar surface area (TPSA) is 98.9 Å². The second-order valence-electron chi connectivity index (χ2n) is 7.74. The molecule has 9 nitrogen and oxygen atoms in total. The summed E-state index contributed by atoms with van der Waals surface area (Å²) in [4.78, 5) is 13.2. The molecule has 0 bridgehead atoms. The molecule has 0 aliphatic carbocycles.